The Morgan fingerprint density at radius 1 is 1.00 bits per heavy atom. The van der Waals surface area contributed by atoms with Crippen LogP contribution in [0.5, 0.6) is 0 Å². The fourth-order valence-corrected chi connectivity index (χ4v) is 2.61. The fourth-order valence-electron chi connectivity index (χ4n) is 2.61. The van der Waals surface area contributed by atoms with E-state index in [1.807, 2.05) is 12.1 Å². The topological polar surface area (TPSA) is 17.1 Å². The molecule has 2 aromatic carbocycles. The van der Waals surface area contributed by atoms with Crippen LogP contribution in [0.4, 0.5) is 0 Å². The molecule has 2 rings (SSSR count). The zero-order chi connectivity index (χ0) is 13.5. The van der Waals surface area contributed by atoms with E-state index in [1.165, 1.54) is 48.4 Å². The number of hydrogen-bond donors (Lipinski definition) is 0. The smallest absolute Gasteiger partial charge is 0.150 e. The monoisotopic (exact) mass is 254 g/mol. The minimum atomic E-state index is 0.794. The molecule has 100 valence electrons. The number of carbonyl (C=O) groups is 1. The first kappa shape index (κ1) is 13.8. The van der Waals surface area contributed by atoms with Gasteiger partial charge in [0.25, 0.3) is 0 Å². The van der Waals surface area contributed by atoms with E-state index in [1.54, 1.807) is 0 Å². The molecule has 0 aliphatic carbocycles. The molecule has 0 aliphatic heterocycles. The third-order valence-corrected chi connectivity index (χ3v) is 3.66. The third-order valence-electron chi connectivity index (χ3n) is 3.66. The third kappa shape index (κ3) is 3.66. The quantitative estimate of drug-likeness (QED) is 0.492. The van der Waals surface area contributed by atoms with Crippen LogP contribution in [0.1, 0.15) is 54.9 Å². The predicted octanol–water partition coefficient (Wildman–Crippen LogP) is 5.17. The van der Waals surface area contributed by atoms with Gasteiger partial charge >= 0.3 is 0 Å². The Kier molecular flexibility index (Phi) is 5.14. The van der Waals surface area contributed by atoms with Crippen LogP contribution in [0.3, 0.4) is 0 Å². The van der Waals surface area contributed by atoms with Crippen molar-refractivity contribution in [3.63, 3.8) is 0 Å². The minimum absolute atomic E-state index is 0.794. The Balaban J connectivity index is 2.14. The average molecular weight is 254 g/mol. The summed E-state index contributed by atoms with van der Waals surface area (Å²) in [4.78, 5) is 11.0. The summed E-state index contributed by atoms with van der Waals surface area (Å²) in [5.74, 6) is 0. The van der Waals surface area contributed by atoms with Gasteiger partial charge in [-0.1, -0.05) is 56.9 Å². The number of aryl methyl sites for hydroxylation is 1. The largest absolute Gasteiger partial charge is 0.298 e. The van der Waals surface area contributed by atoms with Gasteiger partial charge in [-0.05, 0) is 41.3 Å². The standard InChI is InChI=1S/C18H22O/c1-2-3-4-5-6-9-16-12-15(14-19)13-17-10-7-8-11-18(16)17/h7-8,10-14H,2-6,9H2,1H3. The number of fused-ring (bicyclic) bond motifs is 1. The molecule has 0 atom stereocenters. The number of unbranched alkanes of at least 4 members (excludes halogenated alkanes) is 4. The number of carbonyl (C=O) groups excluding carboxylic acids is 1. The highest BCUT2D eigenvalue weighted by Gasteiger charge is 2.03. The van der Waals surface area contributed by atoms with E-state index in [-0.39, 0.29) is 0 Å². The van der Waals surface area contributed by atoms with Gasteiger partial charge in [0.1, 0.15) is 6.29 Å². The van der Waals surface area contributed by atoms with Crippen LogP contribution >= 0.6 is 0 Å². The lowest BCUT2D eigenvalue weighted by atomic mass is 9.97. The van der Waals surface area contributed by atoms with E-state index in [0.717, 1.165) is 18.3 Å². The zero-order valence-corrected chi connectivity index (χ0v) is 11.7. The van der Waals surface area contributed by atoms with Crippen LogP contribution in [-0.4, -0.2) is 6.29 Å². The summed E-state index contributed by atoms with van der Waals surface area (Å²) in [6.45, 7) is 2.24. The van der Waals surface area contributed by atoms with E-state index in [9.17, 15) is 4.79 Å². The SMILES string of the molecule is CCCCCCCc1cc(C=O)cc2ccccc12. The second-order valence-corrected chi connectivity index (χ2v) is 5.18. The molecule has 1 nitrogen and oxygen atoms in total. The van der Waals surface area contributed by atoms with Crippen LogP contribution < -0.4 is 0 Å². The molecule has 0 amide bonds. The van der Waals surface area contributed by atoms with Crippen molar-refractivity contribution >= 4 is 17.1 Å². The van der Waals surface area contributed by atoms with Gasteiger partial charge in [0.15, 0.2) is 0 Å². The second kappa shape index (κ2) is 7.08. The van der Waals surface area contributed by atoms with E-state index in [4.69, 9.17) is 0 Å². The van der Waals surface area contributed by atoms with Crippen LogP contribution in [0.2, 0.25) is 0 Å². The van der Waals surface area contributed by atoms with Gasteiger partial charge in [-0.15, -0.1) is 0 Å². The summed E-state index contributed by atoms with van der Waals surface area (Å²) in [7, 11) is 0. The van der Waals surface area contributed by atoms with Crippen molar-refractivity contribution < 1.29 is 4.79 Å². The van der Waals surface area contributed by atoms with Gasteiger partial charge in [0.05, 0.1) is 0 Å². The maximum atomic E-state index is 11.0. The molecule has 19 heavy (non-hydrogen) atoms. The highest BCUT2D eigenvalue weighted by molar-refractivity contribution is 5.91. The van der Waals surface area contributed by atoms with E-state index >= 15 is 0 Å². The molecule has 0 N–H and O–H groups in total. The van der Waals surface area contributed by atoms with Crippen LogP contribution in [0.25, 0.3) is 10.8 Å². The number of rotatable bonds is 7. The van der Waals surface area contributed by atoms with Gasteiger partial charge in [-0.3, -0.25) is 4.79 Å². The molecule has 0 spiro atoms. The van der Waals surface area contributed by atoms with E-state index < -0.39 is 0 Å². The van der Waals surface area contributed by atoms with Crippen LogP contribution in [-0.2, 0) is 6.42 Å². The molecule has 1 heteroatoms. The van der Waals surface area contributed by atoms with Gasteiger partial charge in [-0.2, -0.15) is 0 Å². The minimum Gasteiger partial charge on any atom is -0.298 e. The van der Waals surface area contributed by atoms with Crippen molar-refractivity contribution in [1.29, 1.82) is 0 Å². The molecular formula is C18H22O. The van der Waals surface area contributed by atoms with Crippen LogP contribution in [0, 0.1) is 0 Å². The van der Waals surface area contributed by atoms with E-state index in [2.05, 4.69) is 31.2 Å². The maximum absolute atomic E-state index is 11.0. The normalized spacial score (nSPS) is 10.8. The Morgan fingerprint density at radius 2 is 1.79 bits per heavy atom. The molecule has 0 aromatic heterocycles. The number of hydrogen-bond acceptors (Lipinski definition) is 1. The molecule has 0 saturated heterocycles. The summed E-state index contributed by atoms with van der Waals surface area (Å²) in [6, 6.07) is 12.4. The van der Waals surface area contributed by atoms with Gasteiger partial charge < -0.3 is 0 Å². The molecule has 0 bridgehead atoms. The van der Waals surface area contributed by atoms with Crippen molar-refractivity contribution in [3.8, 4) is 0 Å². The molecule has 0 heterocycles. The lowest BCUT2D eigenvalue weighted by Gasteiger charge is -2.08. The molecule has 0 radical (unpaired) electrons. The predicted molar refractivity (Wildman–Crippen MR) is 81.8 cm³/mol. The summed E-state index contributed by atoms with van der Waals surface area (Å²) in [5.41, 5.74) is 2.11. The molecule has 0 fully saturated rings. The molecular weight excluding hydrogens is 232 g/mol. The maximum Gasteiger partial charge on any atom is 0.150 e. The first-order valence-electron chi connectivity index (χ1n) is 7.32. The Labute approximate surface area is 115 Å². The lowest BCUT2D eigenvalue weighted by molar-refractivity contribution is 0.112. The summed E-state index contributed by atoms with van der Waals surface area (Å²) < 4.78 is 0. The summed E-state index contributed by atoms with van der Waals surface area (Å²) in [6.07, 6.45) is 8.46. The highest BCUT2D eigenvalue weighted by atomic mass is 16.1. The average Bonchev–Trinajstić information content (AvgIpc) is 2.46. The Morgan fingerprint density at radius 3 is 2.58 bits per heavy atom. The van der Waals surface area contributed by atoms with Gasteiger partial charge in [0, 0.05) is 5.56 Å². The zero-order valence-electron chi connectivity index (χ0n) is 11.7. The van der Waals surface area contributed by atoms with Crippen molar-refractivity contribution in [3.05, 3.63) is 47.5 Å². The molecule has 2 aromatic rings. The number of benzene rings is 2. The number of aldehydes is 1. The van der Waals surface area contributed by atoms with Crippen LogP contribution in [0.15, 0.2) is 36.4 Å². The van der Waals surface area contributed by atoms with Gasteiger partial charge in [0.2, 0.25) is 0 Å². The Hall–Kier alpha value is -1.63. The fraction of sp³-hybridized carbons (Fsp3) is 0.389. The first-order valence-corrected chi connectivity index (χ1v) is 7.32. The molecule has 0 aliphatic rings. The van der Waals surface area contributed by atoms with Gasteiger partial charge in [-0.25, -0.2) is 0 Å². The van der Waals surface area contributed by atoms with Crippen molar-refractivity contribution in [2.45, 2.75) is 45.4 Å². The van der Waals surface area contributed by atoms with Crippen molar-refractivity contribution in [2.75, 3.05) is 0 Å². The summed E-state index contributed by atoms with van der Waals surface area (Å²) in [5, 5.41) is 2.47. The second-order valence-electron chi connectivity index (χ2n) is 5.18. The summed E-state index contributed by atoms with van der Waals surface area (Å²) >= 11 is 0. The van der Waals surface area contributed by atoms with Crippen molar-refractivity contribution in [1.82, 2.24) is 0 Å². The highest BCUT2D eigenvalue weighted by Crippen LogP contribution is 2.22. The lowest BCUT2D eigenvalue weighted by Crippen LogP contribution is -1.91. The molecule has 0 saturated carbocycles. The van der Waals surface area contributed by atoms with E-state index in [0.29, 0.717) is 0 Å². The Bertz CT molecular complexity index is 542. The molecule has 0 unspecified atom stereocenters. The first-order chi connectivity index (χ1) is 9.35. The van der Waals surface area contributed by atoms with Crippen molar-refractivity contribution in [2.24, 2.45) is 0 Å².